The number of primary amides is 1. The van der Waals surface area contributed by atoms with Gasteiger partial charge in [0.2, 0.25) is 12.4 Å². The average Bonchev–Trinajstić information content (AvgIpc) is 2.78. The second kappa shape index (κ2) is 11.2. The largest absolute Gasteiger partial charge is 0.390 e. The van der Waals surface area contributed by atoms with E-state index >= 15 is 0 Å². The molecule has 3 rings (SSSR count). The SMILES string of the molecule is CC.Cc1cc(C(N)=O)c(F)cc1Nc1ncc(N(C)C)c(N(C=O)C2CCC(C)(O)CC2)n1. The van der Waals surface area contributed by atoms with Crippen LogP contribution in [0.2, 0.25) is 0 Å². The molecule has 0 aliphatic heterocycles. The molecule has 0 bridgehead atoms. The van der Waals surface area contributed by atoms with Gasteiger partial charge in [-0.15, -0.1) is 0 Å². The lowest BCUT2D eigenvalue weighted by Crippen LogP contribution is -2.42. The van der Waals surface area contributed by atoms with Crippen molar-refractivity contribution in [3.63, 3.8) is 0 Å². The minimum absolute atomic E-state index is 0.108. The Kier molecular flexibility index (Phi) is 8.92. The van der Waals surface area contributed by atoms with Crippen molar-refractivity contribution in [1.82, 2.24) is 9.97 Å². The maximum Gasteiger partial charge on any atom is 0.251 e. The predicted molar refractivity (Wildman–Crippen MR) is 132 cm³/mol. The minimum atomic E-state index is -0.848. The third-order valence-corrected chi connectivity index (χ3v) is 5.84. The van der Waals surface area contributed by atoms with Crippen LogP contribution in [0.3, 0.4) is 0 Å². The van der Waals surface area contributed by atoms with E-state index < -0.39 is 17.3 Å². The Hall–Kier alpha value is -3.27. The first kappa shape index (κ1) is 27.0. The lowest BCUT2D eigenvalue weighted by Gasteiger charge is -2.38. The summed E-state index contributed by atoms with van der Waals surface area (Å²) in [6, 6.07) is 2.42. The molecule has 1 saturated carbocycles. The molecule has 0 unspecified atom stereocenters. The summed E-state index contributed by atoms with van der Waals surface area (Å²) >= 11 is 0. The number of aliphatic hydroxyl groups is 1. The number of hydrogen-bond acceptors (Lipinski definition) is 7. The van der Waals surface area contributed by atoms with E-state index in [1.807, 2.05) is 27.9 Å². The first-order chi connectivity index (χ1) is 16.0. The lowest BCUT2D eigenvalue weighted by atomic mass is 9.83. The van der Waals surface area contributed by atoms with Crippen molar-refractivity contribution in [3.05, 3.63) is 35.3 Å². The standard InChI is InChI=1S/C22H29FN6O3.C2H6/c1-13-9-15(19(24)31)16(23)10-17(13)26-21-25-11-18(28(3)4)20(27-21)29(12-30)14-5-7-22(2,32)8-6-14;1-2/h9-12,14,32H,5-8H2,1-4H3,(H2,24,31)(H,25,26,27);1-2H3. The van der Waals surface area contributed by atoms with Crippen LogP contribution in [0.15, 0.2) is 18.3 Å². The molecule has 0 saturated heterocycles. The van der Waals surface area contributed by atoms with Crippen molar-refractivity contribution in [2.45, 2.75) is 65.0 Å². The van der Waals surface area contributed by atoms with Crippen molar-refractivity contribution < 1.29 is 19.1 Å². The molecule has 4 N–H and O–H groups in total. The number of hydrogen-bond donors (Lipinski definition) is 3. The first-order valence-corrected chi connectivity index (χ1v) is 11.4. The van der Waals surface area contributed by atoms with E-state index in [0.717, 1.165) is 6.41 Å². The summed E-state index contributed by atoms with van der Waals surface area (Å²) < 4.78 is 14.3. The molecule has 1 aromatic carbocycles. The van der Waals surface area contributed by atoms with Crippen LogP contribution < -0.4 is 20.9 Å². The second-order valence-corrected chi connectivity index (χ2v) is 8.67. The van der Waals surface area contributed by atoms with Gasteiger partial charge in [0.05, 0.1) is 23.0 Å². The summed E-state index contributed by atoms with van der Waals surface area (Å²) in [6.45, 7) is 7.51. The van der Waals surface area contributed by atoms with Crippen LogP contribution in [-0.4, -0.2) is 53.1 Å². The van der Waals surface area contributed by atoms with Crippen molar-refractivity contribution in [1.29, 1.82) is 0 Å². The number of nitrogens with zero attached hydrogens (tertiary/aromatic N) is 4. The first-order valence-electron chi connectivity index (χ1n) is 11.4. The van der Waals surface area contributed by atoms with Crippen LogP contribution in [0.25, 0.3) is 0 Å². The second-order valence-electron chi connectivity index (χ2n) is 8.67. The van der Waals surface area contributed by atoms with Gasteiger partial charge in [-0.05, 0) is 57.2 Å². The van der Waals surface area contributed by atoms with E-state index in [0.29, 0.717) is 48.4 Å². The lowest BCUT2D eigenvalue weighted by molar-refractivity contribution is -0.108. The molecule has 1 fully saturated rings. The van der Waals surface area contributed by atoms with Gasteiger partial charge in [-0.3, -0.25) is 14.5 Å². The third kappa shape index (κ3) is 6.19. The highest BCUT2D eigenvalue weighted by Crippen LogP contribution is 2.35. The Bertz CT molecular complexity index is 1020. The number of aryl methyl sites for hydroxylation is 1. The van der Waals surface area contributed by atoms with Gasteiger partial charge in [-0.2, -0.15) is 4.98 Å². The molecule has 0 radical (unpaired) electrons. The molecule has 0 atom stereocenters. The van der Waals surface area contributed by atoms with Gasteiger partial charge in [0, 0.05) is 25.8 Å². The molecule has 34 heavy (non-hydrogen) atoms. The molecule has 1 aliphatic carbocycles. The highest BCUT2D eigenvalue weighted by Gasteiger charge is 2.33. The Labute approximate surface area is 200 Å². The van der Waals surface area contributed by atoms with Crippen LogP contribution in [0.4, 0.5) is 27.5 Å². The number of halogens is 1. The molecule has 1 aliphatic rings. The summed E-state index contributed by atoms with van der Waals surface area (Å²) in [6.07, 6.45) is 4.79. The van der Waals surface area contributed by atoms with E-state index in [2.05, 4.69) is 15.3 Å². The number of nitrogens with one attached hydrogen (secondary N) is 1. The van der Waals surface area contributed by atoms with Gasteiger partial charge >= 0.3 is 0 Å². The third-order valence-electron chi connectivity index (χ3n) is 5.84. The zero-order valence-electron chi connectivity index (χ0n) is 20.7. The molecular formula is C24H35FN6O3. The Morgan fingerprint density at radius 3 is 2.44 bits per heavy atom. The van der Waals surface area contributed by atoms with Gasteiger partial charge in [-0.1, -0.05) is 13.8 Å². The van der Waals surface area contributed by atoms with E-state index in [1.54, 1.807) is 29.8 Å². The number of rotatable bonds is 7. The molecule has 10 heteroatoms. The van der Waals surface area contributed by atoms with Gasteiger partial charge in [0.25, 0.3) is 5.91 Å². The number of carbonyl (C=O) groups excluding carboxylic acids is 2. The summed E-state index contributed by atoms with van der Waals surface area (Å²) in [7, 11) is 3.65. The monoisotopic (exact) mass is 474 g/mol. The van der Waals surface area contributed by atoms with Gasteiger partial charge in [0.1, 0.15) is 5.82 Å². The Morgan fingerprint density at radius 1 is 1.29 bits per heavy atom. The van der Waals surface area contributed by atoms with Gasteiger partial charge in [-0.25, -0.2) is 9.37 Å². The van der Waals surface area contributed by atoms with E-state index in [1.165, 1.54) is 12.1 Å². The topological polar surface area (TPSA) is 125 Å². The maximum atomic E-state index is 14.3. The maximum absolute atomic E-state index is 14.3. The van der Waals surface area contributed by atoms with E-state index in [9.17, 15) is 19.1 Å². The Balaban J connectivity index is 0.00000199. The molecule has 0 spiro atoms. The van der Waals surface area contributed by atoms with Crippen molar-refractivity contribution in [2.24, 2.45) is 5.73 Å². The summed E-state index contributed by atoms with van der Waals surface area (Å²) in [4.78, 5) is 35.7. The molecule has 1 aromatic heterocycles. The van der Waals surface area contributed by atoms with Crippen LogP contribution in [-0.2, 0) is 4.79 Å². The summed E-state index contributed by atoms with van der Waals surface area (Å²) in [5, 5.41) is 13.2. The van der Waals surface area contributed by atoms with Crippen LogP contribution in [0.1, 0.15) is 62.4 Å². The molecule has 2 aromatic rings. The molecule has 2 amide bonds. The zero-order valence-corrected chi connectivity index (χ0v) is 20.7. The molecule has 1 heterocycles. The van der Waals surface area contributed by atoms with Crippen LogP contribution in [0.5, 0.6) is 0 Å². The number of benzene rings is 1. The number of anilines is 4. The van der Waals surface area contributed by atoms with Crippen molar-refractivity contribution >= 4 is 35.5 Å². The smallest absolute Gasteiger partial charge is 0.251 e. The van der Waals surface area contributed by atoms with Gasteiger partial charge < -0.3 is 21.1 Å². The number of aromatic nitrogens is 2. The Morgan fingerprint density at radius 2 is 1.91 bits per heavy atom. The number of amides is 2. The fourth-order valence-corrected chi connectivity index (χ4v) is 3.87. The highest BCUT2D eigenvalue weighted by atomic mass is 19.1. The average molecular weight is 475 g/mol. The molecule has 186 valence electrons. The van der Waals surface area contributed by atoms with E-state index in [-0.39, 0.29) is 17.6 Å². The van der Waals surface area contributed by atoms with Crippen LogP contribution in [0, 0.1) is 12.7 Å². The quantitative estimate of drug-likeness (QED) is 0.525. The number of carbonyl (C=O) groups is 2. The van der Waals surface area contributed by atoms with E-state index in [4.69, 9.17) is 5.73 Å². The fraction of sp³-hybridized carbons (Fsp3) is 0.500. The summed E-state index contributed by atoms with van der Waals surface area (Å²) in [5.74, 6) is -1.01. The van der Waals surface area contributed by atoms with Crippen molar-refractivity contribution in [2.75, 3.05) is 29.2 Å². The number of nitrogens with two attached hydrogens (primary N) is 1. The highest BCUT2D eigenvalue weighted by molar-refractivity contribution is 5.94. The van der Waals surface area contributed by atoms with Crippen molar-refractivity contribution in [3.8, 4) is 0 Å². The van der Waals surface area contributed by atoms with Crippen LogP contribution >= 0.6 is 0 Å². The predicted octanol–water partition coefficient (Wildman–Crippen LogP) is 3.52. The molecule has 9 nitrogen and oxygen atoms in total. The normalized spacial score (nSPS) is 19.5. The minimum Gasteiger partial charge on any atom is -0.390 e. The van der Waals surface area contributed by atoms with Gasteiger partial charge in [0.15, 0.2) is 5.82 Å². The zero-order chi connectivity index (χ0) is 25.6. The summed E-state index contributed by atoms with van der Waals surface area (Å²) in [5.41, 5.74) is 5.89. The molecular weight excluding hydrogens is 439 g/mol. The fourth-order valence-electron chi connectivity index (χ4n) is 3.87.